The third-order valence-corrected chi connectivity index (χ3v) is 3.09. The van der Waals surface area contributed by atoms with Crippen molar-refractivity contribution in [3.63, 3.8) is 0 Å². The number of benzene rings is 1. The van der Waals surface area contributed by atoms with Crippen molar-refractivity contribution in [1.29, 1.82) is 0 Å². The SMILES string of the molecule is Cc1cc2ccccc2n1CC(=O)Nc1ccn[nH]1. The number of anilines is 1. The van der Waals surface area contributed by atoms with E-state index in [9.17, 15) is 4.79 Å². The monoisotopic (exact) mass is 254 g/mol. The molecule has 0 spiro atoms. The number of aromatic nitrogens is 3. The van der Waals surface area contributed by atoms with Crippen molar-refractivity contribution in [2.24, 2.45) is 0 Å². The third-order valence-electron chi connectivity index (χ3n) is 3.09. The van der Waals surface area contributed by atoms with Crippen molar-refractivity contribution >= 4 is 22.6 Å². The largest absolute Gasteiger partial charge is 0.335 e. The second-order valence-electron chi connectivity index (χ2n) is 4.45. The molecular weight excluding hydrogens is 240 g/mol. The lowest BCUT2D eigenvalue weighted by atomic mass is 10.2. The number of carbonyl (C=O) groups is 1. The molecule has 0 saturated heterocycles. The highest BCUT2D eigenvalue weighted by atomic mass is 16.2. The van der Waals surface area contributed by atoms with E-state index in [0.717, 1.165) is 16.6 Å². The summed E-state index contributed by atoms with van der Waals surface area (Å²) in [5.74, 6) is 0.535. The van der Waals surface area contributed by atoms with Gasteiger partial charge in [0.25, 0.3) is 0 Å². The maximum absolute atomic E-state index is 12.0. The first-order valence-corrected chi connectivity index (χ1v) is 6.08. The Labute approximate surface area is 110 Å². The minimum atomic E-state index is -0.0753. The Hall–Kier alpha value is -2.56. The molecule has 0 saturated carbocycles. The smallest absolute Gasteiger partial charge is 0.245 e. The molecule has 1 amide bonds. The van der Waals surface area contributed by atoms with Gasteiger partial charge in [-0.05, 0) is 24.4 Å². The summed E-state index contributed by atoms with van der Waals surface area (Å²) in [7, 11) is 0. The van der Waals surface area contributed by atoms with E-state index in [2.05, 4.69) is 21.6 Å². The number of aromatic amines is 1. The second kappa shape index (κ2) is 4.61. The van der Waals surface area contributed by atoms with Crippen LogP contribution in [0.25, 0.3) is 10.9 Å². The van der Waals surface area contributed by atoms with E-state index < -0.39 is 0 Å². The highest BCUT2D eigenvalue weighted by molar-refractivity contribution is 5.91. The molecule has 0 aliphatic rings. The topological polar surface area (TPSA) is 62.7 Å². The Morgan fingerprint density at radius 1 is 1.37 bits per heavy atom. The predicted octanol–water partition coefficient (Wildman–Crippen LogP) is 2.31. The van der Waals surface area contributed by atoms with Crippen LogP contribution in [0.15, 0.2) is 42.6 Å². The minimum absolute atomic E-state index is 0.0753. The van der Waals surface area contributed by atoms with Gasteiger partial charge in [0, 0.05) is 17.3 Å². The lowest BCUT2D eigenvalue weighted by Crippen LogP contribution is -2.19. The Balaban J connectivity index is 1.85. The summed E-state index contributed by atoms with van der Waals surface area (Å²) in [6, 6.07) is 11.8. The van der Waals surface area contributed by atoms with Gasteiger partial charge in [0.2, 0.25) is 5.91 Å². The molecule has 0 aliphatic carbocycles. The van der Waals surface area contributed by atoms with Crippen molar-refractivity contribution in [2.75, 3.05) is 5.32 Å². The number of nitrogens with zero attached hydrogens (tertiary/aromatic N) is 2. The number of carbonyl (C=O) groups excluding carboxylic acids is 1. The number of nitrogens with one attached hydrogen (secondary N) is 2. The predicted molar refractivity (Wildman–Crippen MR) is 73.9 cm³/mol. The first-order valence-electron chi connectivity index (χ1n) is 6.08. The number of H-pyrrole nitrogens is 1. The number of amides is 1. The fraction of sp³-hybridized carbons (Fsp3) is 0.143. The molecule has 3 aromatic rings. The molecule has 5 nitrogen and oxygen atoms in total. The Morgan fingerprint density at radius 3 is 3.00 bits per heavy atom. The first kappa shape index (κ1) is 11.5. The van der Waals surface area contributed by atoms with Crippen LogP contribution >= 0.6 is 0 Å². The molecule has 0 atom stereocenters. The standard InChI is InChI=1S/C14H14N4O/c1-10-8-11-4-2-3-5-12(11)18(10)9-14(19)16-13-6-7-15-17-13/h2-8H,9H2,1H3,(H2,15,16,17,19). The maximum atomic E-state index is 12.0. The zero-order chi connectivity index (χ0) is 13.2. The molecule has 0 unspecified atom stereocenters. The quantitative estimate of drug-likeness (QED) is 0.753. The van der Waals surface area contributed by atoms with Crippen LogP contribution in [0.1, 0.15) is 5.69 Å². The zero-order valence-electron chi connectivity index (χ0n) is 10.6. The van der Waals surface area contributed by atoms with Gasteiger partial charge in [0.05, 0.1) is 6.20 Å². The fourth-order valence-corrected chi connectivity index (χ4v) is 2.22. The molecular formula is C14H14N4O. The summed E-state index contributed by atoms with van der Waals surface area (Å²) in [4.78, 5) is 12.0. The van der Waals surface area contributed by atoms with Crippen LogP contribution in [-0.4, -0.2) is 20.7 Å². The van der Waals surface area contributed by atoms with E-state index in [1.807, 2.05) is 35.8 Å². The highest BCUT2D eigenvalue weighted by Gasteiger charge is 2.09. The molecule has 2 aromatic heterocycles. The Bertz CT molecular complexity index is 712. The van der Waals surface area contributed by atoms with Gasteiger partial charge >= 0.3 is 0 Å². The van der Waals surface area contributed by atoms with Gasteiger partial charge in [-0.25, -0.2) is 0 Å². The lowest BCUT2D eigenvalue weighted by Gasteiger charge is -2.08. The van der Waals surface area contributed by atoms with Crippen LogP contribution in [0.3, 0.4) is 0 Å². The van der Waals surface area contributed by atoms with Crippen molar-refractivity contribution in [1.82, 2.24) is 14.8 Å². The van der Waals surface area contributed by atoms with Crippen LogP contribution < -0.4 is 5.32 Å². The normalized spacial score (nSPS) is 10.8. The van der Waals surface area contributed by atoms with Crippen LogP contribution in [0.2, 0.25) is 0 Å². The van der Waals surface area contributed by atoms with E-state index in [-0.39, 0.29) is 5.91 Å². The van der Waals surface area contributed by atoms with Gasteiger partial charge in [-0.15, -0.1) is 0 Å². The van der Waals surface area contributed by atoms with E-state index >= 15 is 0 Å². The van der Waals surface area contributed by atoms with Crippen molar-refractivity contribution in [3.05, 3.63) is 48.3 Å². The molecule has 3 rings (SSSR count). The first-order chi connectivity index (χ1) is 9.24. The molecule has 0 radical (unpaired) electrons. The van der Waals surface area contributed by atoms with Crippen molar-refractivity contribution < 1.29 is 4.79 Å². The number of hydrogen-bond acceptors (Lipinski definition) is 2. The fourth-order valence-electron chi connectivity index (χ4n) is 2.22. The number of rotatable bonds is 3. The van der Waals surface area contributed by atoms with Gasteiger partial charge in [0.15, 0.2) is 0 Å². The van der Waals surface area contributed by atoms with Gasteiger partial charge < -0.3 is 9.88 Å². The van der Waals surface area contributed by atoms with Crippen molar-refractivity contribution in [2.45, 2.75) is 13.5 Å². The van der Waals surface area contributed by atoms with E-state index in [1.54, 1.807) is 12.3 Å². The lowest BCUT2D eigenvalue weighted by molar-refractivity contribution is -0.116. The number of aryl methyl sites for hydroxylation is 1. The summed E-state index contributed by atoms with van der Waals surface area (Å²) in [6.45, 7) is 2.29. The van der Waals surface area contributed by atoms with Gasteiger partial charge in [0.1, 0.15) is 12.4 Å². The molecule has 2 heterocycles. The van der Waals surface area contributed by atoms with E-state index in [0.29, 0.717) is 12.4 Å². The molecule has 0 fully saturated rings. The number of fused-ring (bicyclic) bond motifs is 1. The molecule has 0 bridgehead atoms. The van der Waals surface area contributed by atoms with Gasteiger partial charge in [-0.1, -0.05) is 18.2 Å². The maximum Gasteiger partial charge on any atom is 0.245 e. The van der Waals surface area contributed by atoms with Gasteiger partial charge in [-0.2, -0.15) is 5.10 Å². The van der Waals surface area contributed by atoms with Crippen LogP contribution in [-0.2, 0) is 11.3 Å². The zero-order valence-corrected chi connectivity index (χ0v) is 10.6. The van der Waals surface area contributed by atoms with E-state index in [4.69, 9.17) is 0 Å². The van der Waals surface area contributed by atoms with Crippen LogP contribution in [0.4, 0.5) is 5.82 Å². The molecule has 96 valence electrons. The molecule has 1 aromatic carbocycles. The summed E-state index contributed by atoms with van der Waals surface area (Å²) >= 11 is 0. The van der Waals surface area contributed by atoms with Gasteiger partial charge in [-0.3, -0.25) is 9.89 Å². The summed E-state index contributed by atoms with van der Waals surface area (Å²) in [5, 5.41) is 10.4. The second-order valence-corrected chi connectivity index (χ2v) is 4.45. The number of hydrogen-bond donors (Lipinski definition) is 2. The molecule has 5 heteroatoms. The molecule has 19 heavy (non-hydrogen) atoms. The van der Waals surface area contributed by atoms with Crippen molar-refractivity contribution in [3.8, 4) is 0 Å². The summed E-state index contributed by atoms with van der Waals surface area (Å²) in [6.07, 6.45) is 1.60. The Kier molecular flexibility index (Phi) is 2.79. The third kappa shape index (κ3) is 2.22. The molecule has 0 aliphatic heterocycles. The molecule has 2 N–H and O–H groups in total. The minimum Gasteiger partial charge on any atom is -0.335 e. The summed E-state index contributed by atoms with van der Waals surface area (Å²) in [5.41, 5.74) is 2.14. The number of para-hydroxylation sites is 1. The van der Waals surface area contributed by atoms with E-state index in [1.165, 1.54) is 0 Å². The van der Waals surface area contributed by atoms with Crippen LogP contribution in [0.5, 0.6) is 0 Å². The Morgan fingerprint density at radius 2 is 2.21 bits per heavy atom. The van der Waals surface area contributed by atoms with Crippen LogP contribution in [0, 0.1) is 6.92 Å². The summed E-state index contributed by atoms with van der Waals surface area (Å²) < 4.78 is 2.00. The average Bonchev–Trinajstić information content (AvgIpc) is 2.99. The highest BCUT2D eigenvalue weighted by Crippen LogP contribution is 2.19. The average molecular weight is 254 g/mol.